The van der Waals surface area contributed by atoms with E-state index >= 15 is 0 Å². The Kier molecular flexibility index (Phi) is 7.07. The molecule has 3 rings (SSSR count). The highest BCUT2D eigenvalue weighted by molar-refractivity contribution is 8.26. The van der Waals surface area contributed by atoms with Crippen LogP contribution in [0.5, 0.6) is 5.75 Å². The molecule has 1 atom stereocenters. The molecule has 154 valence electrons. The Labute approximate surface area is 185 Å². The molecule has 1 aliphatic heterocycles. The van der Waals surface area contributed by atoms with Crippen LogP contribution in [0.15, 0.2) is 71.2 Å². The molecule has 5 nitrogen and oxygen atoms in total. The number of anilines is 1. The summed E-state index contributed by atoms with van der Waals surface area (Å²) in [5.41, 5.74) is 2.60. The first-order valence-corrected chi connectivity index (χ1v) is 10.6. The Bertz CT molecular complexity index is 1010. The number of thioether (sulfide) groups is 1. The molecule has 2 amide bonds. The van der Waals surface area contributed by atoms with Crippen LogP contribution < -0.4 is 10.1 Å². The fraction of sp³-hybridized carbons (Fsp3) is 0.174. The molecule has 0 radical (unpaired) electrons. The summed E-state index contributed by atoms with van der Waals surface area (Å²) in [6.45, 7) is 3.60. The van der Waals surface area contributed by atoms with Crippen LogP contribution in [0.3, 0.4) is 0 Å². The third kappa shape index (κ3) is 5.17. The van der Waals surface area contributed by atoms with E-state index in [0.29, 0.717) is 20.7 Å². The zero-order valence-electron chi connectivity index (χ0n) is 16.9. The third-order valence-electron chi connectivity index (χ3n) is 4.50. The van der Waals surface area contributed by atoms with E-state index in [1.807, 2.05) is 43.3 Å². The van der Waals surface area contributed by atoms with E-state index in [0.717, 1.165) is 11.1 Å². The van der Waals surface area contributed by atoms with Crippen LogP contribution >= 0.6 is 24.0 Å². The molecule has 1 N–H and O–H groups in total. The number of hydrogen-bond donors (Lipinski definition) is 1. The minimum atomic E-state index is -0.732. The molecular formula is C23H22N2O3S2. The van der Waals surface area contributed by atoms with E-state index in [1.54, 1.807) is 44.4 Å². The van der Waals surface area contributed by atoms with Crippen molar-refractivity contribution in [2.24, 2.45) is 0 Å². The lowest BCUT2D eigenvalue weighted by Gasteiger charge is -2.22. The van der Waals surface area contributed by atoms with E-state index < -0.39 is 6.04 Å². The third-order valence-corrected chi connectivity index (χ3v) is 5.83. The van der Waals surface area contributed by atoms with E-state index in [9.17, 15) is 9.59 Å². The Hall–Kier alpha value is -2.90. The van der Waals surface area contributed by atoms with Gasteiger partial charge in [0.15, 0.2) is 0 Å². The van der Waals surface area contributed by atoms with Crippen molar-refractivity contribution in [3.8, 4) is 5.75 Å². The van der Waals surface area contributed by atoms with Gasteiger partial charge in [-0.1, -0.05) is 60.4 Å². The number of thiocarbonyl (C=S) groups is 1. The summed E-state index contributed by atoms with van der Waals surface area (Å²) in [6.07, 6.45) is 3.80. The predicted octanol–water partition coefficient (Wildman–Crippen LogP) is 4.87. The molecule has 1 saturated heterocycles. The predicted molar refractivity (Wildman–Crippen MR) is 126 cm³/mol. The van der Waals surface area contributed by atoms with Gasteiger partial charge in [0.25, 0.3) is 5.91 Å². The van der Waals surface area contributed by atoms with Crippen molar-refractivity contribution in [2.45, 2.75) is 19.9 Å². The Balaban J connectivity index is 1.71. The zero-order valence-corrected chi connectivity index (χ0v) is 18.5. The second-order valence-corrected chi connectivity index (χ2v) is 8.42. The monoisotopic (exact) mass is 438 g/mol. The summed E-state index contributed by atoms with van der Waals surface area (Å²) in [5, 5.41) is 2.81. The maximum absolute atomic E-state index is 12.9. The summed E-state index contributed by atoms with van der Waals surface area (Å²) in [4.78, 5) is 27.5. The van der Waals surface area contributed by atoms with Gasteiger partial charge >= 0.3 is 0 Å². The van der Waals surface area contributed by atoms with E-state index in [4.69, 9.17) is 17.0 Å². The van der Waals surface area contributed by atoms with Crippen molar-refractivity contribution in [3.05, 3.63) is 76.7 Å². The highest BCUT2D eigenvalue weighted by atomic mass is 32.2. The average molecular weight is 439 g/mol. The first-order valence-electron chi connectivity index (χ1n) is 9.34. The number of benzene rings is 2. The molecule has 1 heterocycles. The van der Waals surface area contributed by atoms with Crippen LogP contribution in [0.1, 0.15) is 19.4 Å². The van der Waals surface area contributed by atoms with Crippen LogP contribution in [0, 0.1) is 0 Å². The van der Waals surface area contributed by atoms with Crippen LogP contribution in [0.4, 0.5) is 5.69 Å². The number of ether oxygens (including phenoxy) is 1. The van der Waals surface area contributed by atoms with Gasteiger partial charge in [-0.2, -0.15) is 0 Å². The number of carbonyl (C=O) groups excluding carboxylic acids is 2. The number of rotatable bonds is 6. The van der Waals surface area contributed by atoms with Crippen molar-refractivity contribution in [2.75, 3.05) is 12.4 Å². The summed E-state index contributed by atoms with van der Waals surface area (Å²) in [5.74, 6) is 0.125. The Morgan fingerprint density at radius 1 is 1.17 bits per heavy atom. The lowest BCUT2D eigenvalue weighted by Crippen LogP contribution is -2.44. The minimum absolute atomic E-state index is 0.261. The molecule has 0 saturated carbocycles. The molecule has 2 aromatic carbocycles. The van der Waals surface area contributed by atoms with E-state index in [-0.39, 0.29) is 11.8 Å². The van der Waals surface area contributed by atoms with Gasteiger partial charge in [-0.3, -0.25) is 14.5 Å². The highest BCUT2D eigenvalue weighted by Gasteiger charge is 2.38. The smallest absolute Gasteiger partial charge is 0.266 e. The fourth-order valence-electron chi connectivity index (χ4n) is 2.91. The van der Waals surface area contributed by atoms with Gasteiger partial charge in [0, 0.05) is 5.69 Å². The zero-order chi connectivity index (χ0) is 21.7. The van der Waals surface area contributed by atoms with E-state index in [2.05, 4.69) is 5.32 Å². The van der Waals surface area contributed by atoms with Crippen molar-refractivity contribution >= 4 is 51.9 Å². The van der Waals surface area contributed by atoms with Gasteiger partial charge in [0.05, 0.1) is 12.0 Å². The first kappa shape index (κ1) is 21.8. The number of hydrogen-bond acceptors (Lipinski definition) is 5. The van der Waals surface area contributed by atoms with Gasteiger partial charge in [0.2, 0.25) is 5.91 Å². The molecule has 2 aromatic rings. The number of allylic oxidation sites excluding steroid dienone is 2. The Morgan fingerprint density at radius 3 is 2.47 bits per heavy atom. The molecule has 1 unspecified atom stereocenters. The first-order chi connectivity index (χ1) is 14.4. The molecule has 0 spiro atoms. The quantitative estimate of drug-likeness (QED) is 0.515. The molecule has 7 heteroatoms. The molecule has 1 fully saturated rings. The highest BCUT2D eigenvalue weighted by Crippen LogP contribution is 2.33. The number of nitrogens with one attached hydrogen (secondary N) is 1. The molecule has 0 bridgehead atoms. The lowest BCUT2D eigenvalue weighted by molar-refractivity contribution is -0.129. The van der Waals surface area contributed by atoms with Crippen LogP contribution in [-0.2, 0) is 9.59 Å². The van der Waals surface area contributed by atoms with Gasteiger partial charge in [-0.25, -0.2) is 0 Å². The average Bonchev–Trinajstić information content (AvgIpc) is 3.01. The van der Waals surface area contributed by atoms with Crippen molar-refractivity contribution in [3.63, 3.8) is 0 Å². The number of carbonyl (C=O) groups is 2. The summed E-state index contributed by atoms with van der Waals surface area (Å²) in [6, 6.07) is 16.1. The SMILES string of the molecule is COc1ccc(NC(=O)C(C)N2C(=O)/C(=C/C(C)=C/c3ccccc3)SC2=S)cc1. The van der Waals surface area contributed by atoms with Crippen molar-refractivity contribution in [1.82, 2.24) is 4.90 Å². The summed E-state index contributed by atoms with van der Waals surface area (Å²) >= 11 is 6.59. The van der Waals surface area contributed by atoms with E-state index in [1.165, 1.54) is 16.7 Å². The number of amides is 2. The summed E-state index contributed by atoms with van der Waals surface area (Å²) in [7, 11) is 1.58. The second-order valence-electron chi connectivity index (χ2n) is 6.74. The minimum Gasteiger partial charge on any atom is -0.497 e. The van der Waals surface area contributed by atoms with Crippen LogP contribution in [0.2, 0.25) is 0 Å². The van der Waals surface area contributed by atoms with Crippen molar-refractivity contribution in [1.29, 1.82) is 0 Å². The Morgan fingerprint density at radius 2 is 1.83 bits per heavy atom. The lowest BCUT2D eigenvalue weighted by atomic mass is 10.1. The molecule has 0 aromatic heterocycles. The maximum Gasteiger partial charge on any atom is 0.266 e. The van der Waals surface area contributed by atoms with Crippen LogP contribution in [-0.4, -0.2) is 34.2 Å². The van der Waals surface area contributed by atoms with Crippen molar-refractivity contribution < 1.29 is 14.3 Å². The van der Waals surface area contributed by atoms with Gasteiger partial charge < -0.3 is 10.1 Å². The standard InChI is InChI=1S/C23H22N2O3S2/c1-15(13-17-7-5-4-6-8-17)14-20-22(27)25(23(29)30-20)16(2)21(26)24-18-9-11-19(28-3)12-10-18/h4-14,16H,1-3H3,(H,24,26)/b15-13+,20-14-. The second kappa shape index (κ2) is 9.73. The van der Waals surface area contributed by atoms with Gasteiger partial charge in [-0.05, 0) is 55.3 Å². The van der Waals surface area contributed by atoms with Gasteiger partial charge in [-0.15, -0.1) is 0 Å². The molecule has 0 aliphatic carbocycles. The maximum atomic E-state index is 12.9. The number of methoxy groups -OCH3 is 1. The van der Waals surface area contributed by atoms with Gasteiger partial charge in [0.1, 0.15) is 16.1 Å². The molecule has 1 aliphatic rings. The largest absolute Gasteiger partial charge is 0.497 e. The van der Waals surface area contributed by atoms with Crippen LogP contribution in [0.25, 0.3) is 6.08 Å². The number of nitrogens with zero attached hydrogens (tertiary/aromatic N) is 1. The normalized spacial score (nSPS) is 16.7. The summed E-state index contributed by atoms with van der Waals surface area (Å²) < 4.78 is 5.49. The molecule has 30 heavy (non-hydrogen) atoms. The topological polar surface area (TPSA) is 58.6 Å². The molecular weight excluding hydrogens is 416 g/mol. The fourth-order valence-corrected chi connectivity index (χ4v) is 4.38.